The first-order valence-corrected chi connectivity index (χ1v) is 13.3. The Morgan fingerprint density at radius 2 is 1.64 bits per heavy atom. The van der Waals surface area contributed by atoms with Gasteiger partial charge in [0.05, 0.1) is 22.7 Å². The van der Waals surface area contributed by atoms with E-state index in [9.17, 15) is 18.0 Å². The number of aryl methyl sites for hydroxylation is 4. The fourth-order valence-corrected chi connectivity index (χ4v) is 6.37. The number of fused-ring (bicyclic) bond motifs is 1. The zero-order valence-corrected chi connectivity index (χ0v) is 22.1. The van der Waals surface area contributed by atoms with E-state index in [0.717, 1.165) is 21.0 Å². The van der Waals surface area contributed by atoms with Crippen molar-refractivity contribution in [2.75, 3.05) is 9.62 Å². The van der Waals surface area contributed by atoms with Gasteiger partial charge in [-0.15, -0.1) is 0 Å². The predicted molar refractivity (Wildman–Crippen MR) is 142 cm³/mol. The van der Waals surface area contributed by atoms with Crippen LogP contribution in [0.25, 0.3) is 0 Å². The maximum absolute atomic E-state index is 14.1. The van der Waals surface area contributed by atoms with Crippen LogP contribution in [0.5, 0.6) is 0 Å². The van der Waals surface area contributed by atoms with Gasteiger partial charge in [-0.3, -0.25) is 13.9 Å². The Balaban J connectivity index is 1.77. The van der Waals surface area contributed by atoms with Crippen molar-refractivity contribution in [3.63, 3.8) is 0 Å². The summed E-state index contributed by atoms with van der Waals surface area (Å²) in [6.45, 7) is 7.41. The van der Waals surface area contributed by atoms with E-state index in [1.54, 1.807) is 32.0 Å². The minimum Gasteiger partial charge on any atom is -0.352 e. The molecule has 2 amide bonds. The smallest absolute Gasteiger partial charge is 0.265 e. The highest BCUT2D eigenvalue weighted by Gasteiger charge is 2.42. The van der Waals surface area contributed by atoms with Crippen LogP contribution in [0.15, 0.2) is 59.5 Å². The molecule has 0 saturated carbocycles. The van der Waals surface area contributed by atoms with Gasteiger partial charge in [-0.05, 0) is 79.8 Å². The number of carbonyl (C=O) groups is 2. The van der Waals surface area contributed by atoms with Crippen molar-refractivity contribution in [1.82, 2.24) is 5.32 Å². The number of amides is 2. The second kappa shape index (κ2) is 9.95. The highest BCUT2D eigenvalue weighted by atomic mass is 35.5. The van der Waals surface area contributed by atoms with Crippen molar-refractivity contribution >= 4 is 44.8 Å². The summed E-state index contributed by atoms with van der Waals surface area (Å²) in [4.78, 5) is 26.2. The molecule has 1 atom stereocenters. The highest BCUT2D eigenvalue weighted by Crippen LogP contribution is 2.40. The number of hydrogen-bond donors (Lipinski definition) is 2. The standard InChI is InChI=1S/C27H28ClN3O4S/c1-16-11-22-23(12-17(16)2)31(36(34,35)25-13-18(3)21(28)10-19(25)4)24(27(33)30-22)14-26(32)29-15-20-8-6-5-7-9-20/h5-13,24H,14-15H2,1-4H3,(H,29,32)(H,30,33)/t24-/m1/s1. The fraction of sp³-hybridized carbons (Fsp3) is 0.259. The first kappa shape index (κ1) is 25.7. The van der Waals surface area contributed by atoms with E-state index < -0.39 is 27.9 Å². The topological polar surface area (TPSA) is 95.6 Å². The van der Waals surface area contributed by atoms with E-state index in [1.807, 2.05) is 44.2 Å². The van der Waals surface area contributed by atoms with Gasteiger partial charge in [0.25, 0.3) is 10.0 Å². The maximum atomic E-state index is 14.1. The van der Waals surface area contributed by atoms with Crippen LogP contribution >= 0.6 is 11.6 Å². The summed E-state index contributed by atoms with van der Waals surface area (Å²) in [5.41, 5.74) is 4.42. The quantitative estimate of drug-likeness (QED) is 0.483. The molecule has 0 bridgehead atoms. The largest absolute Gasteiger partial charge is 0.352 e. The molecule has 36 heavy (non-hydrogen) atoms. The van der Waals surface area contributed by atoms with Crippen molar-refractivity contribution < 1.29 is 18.0 Å². The molecule has 3 aromatic carbocycles. The molecule has 4 rings (SSSR count). The third kappa shape index (κ3) is 4.96. The first-order chi connectivity index (χ1) is 17.0. The molecule has 1 aliphatic rings. The average molecular weight is 526 g/mol. The van der Waals surface area contributed by atoms with Gasteiger partial charge >= 0.3 is 0 Å². The Hall–Kier alpha value is -3.36. The SMILES string of the molecule is Cc1cc2c(cc1C)N(S(=O)(=O)c1cc(C)c(Cl)cc1C)[C@H](CC(=O)NCc1ccccc1)C(=O)N2. The molecule has 0 aromatic heterocycles. The zero-order valence-electron chi connectivity index (χ0n) is 20.6. The zero-order chi connectivity index (χ0) is 26.2. The second-order valence-corrected chi connectivity index (χ2v) is 11.3. The molecule has 0 radical (unpaired) electrons. The molecular formula is C27H28ClN3O4S. The minimum atomic E-state index is -4.24. The summed E-state index contributed by atoms with van der Waals surface area (Å²) in [6.07, 6.45) is -0.337. The van der Waals surface area contributed by atoms with E-state index in [2.05, 4.69) is 10.6 Å². The molecule has 9 heteroatoms. The lowest BCUT2D eigenvalue weighted by Gasteiger charge is -2.37. The average Bonchev–Trinajstić information content (AvgIpc) is 2.82. The summed E-state index contributed by atoms with van der Waals surface area (Å²) in [5, 5.41) is 6.04. The number of rotatable bonds is 6. The molecule has 0 unspecified atom stereocenters. The number of nitrogens with zero attached hydrogens (tertiary/aromatic N) is 1. The van der Waals surface area contributed by atoms with Crippen LogP contribution < -0.4 is 14.9 Å². The number of halogens is 1. The molecule has 0 aliphatic carbocycles. The molecule has 2 N–H and O–H groups in total. The molecule has 0 fully saturated rings. The van der Waals surface area contributed by atoms with Crippen molar-refractivity contribution in [2.45, 2.75) is 51.6 Å². The molecular weight excluding hydrogens is 498 g/mol. The molecule has 3 aromatic rings. The van der Waals surface area contributed by atoms with E-state index in [4.69, 9.17) is 11.6 Å². The highest BCUT2D eigenvalue weighted by molar-refractivity contribution is 7.93. The third-order valence-electron chi connectivity index (χ3n) is 6.40. The Bertz CT molecular complexity index is 1460. The molecule has 1 aliphatic heterocycles. The number of benzene rings is 3. The van der Waals surface area contributed by atoms with Gasteiger partial charge in [0.2, 0.25) is 11.8 Å². The van der Waals surface area contributed by atoms with Crippen LogP contribution in [-0.2, 0) is 26.2 Å². The number of anilines is 2. The normalized spacial score (nSPS) is 15.3. The predicted octanol–water partition coefficient (Wildman–Crippen LogP) is 4.80. The van der Waals surface area contributed by atoms with Crippen molar-refractivity contribution in [3.8, 4) is 0 Å². The fourth-order valence-electron chi connectivity index (χ4n) is 4.23. The van der Waals surface area contributed by atoms with Crippen LogP contribution in [0.4, 0.5) is 11.4 Å². The van der Waals surface area contributed by atoms with Gasteiger partial charge in [0.1, 0.15) is 6.04 Å². The molecule has 0 saturated heterocycles. The lowest BCUT2D eigenvalue weighted by Crippen LogP contribution is -2.52. The second-order valence-electron chi connectivity index (χ2n) is 9.09. The Labute approximate surface area is 216 Å². The Morgan fingerprint density at radius 3 is 2.33 bits per heavy atom. The van der Waals surface area contributed by atoms with Crippen molar-refractivity contribution in [2.24, 2.45) is 0 Å². The van der Waals surface area contributed by atoms with Crippen LogP contribution in [0.1, 0.15) is 34.2 Å². The number of hydrogen-bond acceptors (Lipinski definition) is 4. The van der Waals surface area contributed by atoms with Crippen LogP contribution in [0.2, 0.25) is 5.02 Å². The van der Waals surface area contributed by atoms with Crippen LogP contribution in [-0.4, -0.2) is 26.3 Å². The first-order valence-electron chi connectivity index (χ1n) is 11.5. The van der Waals surface area contributed by atoms with Crippen molar-refractivity contribution in [3.05, 3.63) is 87.4 Å². The lowest BCUT2D eigenvalue weighted by atomic mass is 10.0. The third-order valence-corrected chi connectivity index (χ3v) is 8.77. The monoisotopic (exact) mass is 525 g/mol. The summed E-state index contributed by atoms with van der Waals surface area (Å²) in [5.74, 6) is -0.997. The van der Waals surface area contributed by atoms with Gasteiger partial charge in [0, 0.05) is 11.6 Å². The van der Waals surface area contributed by atoms with Gasteiger partial charge in [-0.1, -0.05) is 41.9 Å². The van der Waals surface area contributed by atoms with Crippen LogP contribution in [0, 0.1) is 27.7 Å². The molecule has 188 valence electrons. The van der Waals surface area contributed by atoms with E-state index >= 15 is 0 Å². The summed E-state index contributed by atoms with van der Waals surface area (Å²) >= 11 is 6.22. The van der Waals surface area contributed by atoms with Gasteiger partial charge in [0.15, 0.2) is 0 Å². The number of sulfonamides is 1. The summed E-state index contributed by atoms with van der Waals surface area (Å²) < 4.78 is 29.3. The summed E-state index contributed by atoms with van der Waals surface area (Å²) in [7, 11) is -4.24. The minimum absolute atomic E-state index is 0.0398. The Morgan fingerprint density at radius 1 is 0.972 bits per heavy atom. The van der Waals surface area contributed by atoms with E-state index in [0.29, 0.717) is 27.5 Å². The van der Waals surface area contributed by atoms with E-state index in [-0.39, 0.29) is 17.9 Å². The molecule has 1 heterocycles. The lowest BCUT2D eigenvalue weighted by molar-refractivity contribution is -0.125. The molecule has 7 nitrogen and oxygen atoms in total. The van der Waals surface area contributed by atoms with Crippen molar-refractivity contribution in [1.29, 1.82) is 0 Å². The maximum Gasteiger partial charge on any atom is 0.265 e. The number of carbonyl (C=O) groups excluding carboxylic acids is 2. The van der Waals surface area contributed by atoms with Gasteiger partial charge < -0.3 is 10.6 Å². The van der Waals surface area contributed by atoms with Gasteiger partial charge in [-0.25, -0.2) is 8.42 Å². The van der Waals surface area contributed by atoms with Gasteiger partial charge in [-0.2, -0.15) is 0 Å². The molecule has 0 spiro atoms. The number of nitrogens with one attached hydrogen (secondary N) is 2. The summed E-state index contributed by atoms with van der Waals surface area (Å²) in [6, 6.07) is 14.7. The Kier molecular flexibility index (Phi) is 7.11. The van der Waals surface area contributed by atoms with Crippen LogP contribution in [0.3, 0.4) is 0 Å². The van der Waals surface area contributed by atoms with E-state index in [1.165, 1.54) is 6.07 Å².